The molecule has 0 radical (unpaired) electrons. The van der Waals surface area contributed by atoms with Crippen LogP contribution in [0.3, 0.4) is 0 Å². The first-order chi connectivity index (χ1) is 13.2. The van der Waals surface area contributed by atoms with Gasteiger partial charge in [-0.15, -0.1) is 0 Å². The fourth-order valence-corrected chi connectivity index (χ4v) is 3.42. The minimum absolute atomic E-state index is 0.0364. The number of ether oxygens (including phenoxy) is 1. The second-order valence-electron chi connectivity index (χ2n) is 6.74. The van der Waals surface area contributed by atoms with E-state index >= 15 is 0 Å². The third-order valence-corrected chi connectivity index (χ3v) is 4.74. The van der Waals surface area contributed by atoms with Gasteiger partial charge in [0.25, 0.3) is 0 Å². The Hall–Kier alpha value is -3.15. The van der Waals surface area contributed by atoms with Crippen molar-refractivity contribution in [3.05, 3.63) is 77.4 Å². The maximum absolute atomic E-state index is 11.3. The van der Waals surface area contributed by atoms with E-state index in [0.29, 0.717) is 12.4 Å². The highest BCUT2D eigenvalue weighted by Crippen LogP contribution is 2.34. The highest BCUT2D eigenvalue weighted by molar-refractivity contribution is 5.75. The Labute approximate surface area is 158 Å². The molecular formula is C21H22N4O2. The molecule has 0 saturated carbocycles. The Morgan fingerprint density at radius 2 is 1.93 bits per heavy atom. The molecule has 6 heteroatoms. The second kappa shape index (κ2) is 7.61. The molecule has 27 heavy (non-hydrogen) atoms. The maximum Gasteiger partial charge on any atom is 0.225 e. The van der Waals surface area contributed by atoms with E-state index in [2.05, 4.69) is 28.3 Å². The lowest BCUT2D eigenvalue weighted by Gasteiger charge is -2.25. The Morgan fingerprint density at radius 3 is 2.74 bits per heavy atom. The highest BCUT2D eigenvalue weighted by atomic mass is 16.5. The van der Waals surface area contributed by atoms with Gasteiger partial charge in [0.05, 0.1) is 6.42 Å². The van der Waals surface area contributed by atoms with Gasteiger partial charge in [-0.2, -0.15) is 5.10 Å². The summed E-state index contributed by atoms with van der Waals surface area (Å²) in [6, 6.07) is 18.3. The molecule has 2 N–H and O–H groups in total. The third kappa shape index (κ3) is 4.00. The van der Waals surface area contributed by atoms with E-state index in [4.69, 9.17) is 10.5 Å². The molecule has 1 aromatic heterocycles. The average Bonchev–Trinajstić information content (AvgIpc) is 3.08. The molecule has 6 nitrogen and oxygen atoms in total. The summed E-state index contributed by atoms with van der Waals surface area (Å²) in [4.78, 5) is 15.9. The fraction of sp³-hybridized carbons (Fsp3) is 0.286. The second-order valence-corrected chi connectivity index (χ2v) is 6.74. The van der Waals surface area contributed by atoms with Crippen LogP contribution in [0.25, 0.3) is 0 Å². The van der Waals surface area contributed by atoms with E-state index in [1.54, 1.807) is 0 Å². The smallest absolute Gasteiger partial charge is 0.225 e. The lowest BCUT2D eigenvalue weighted by atomic mass is 10.0. The SMILES string of the molecule is NC(=O)Cc1nc([C@H]2CCc3ccccc3O2)n(CCc2ccccc2)n1. The minimum Gasteiger partial charge on any atom is -0.482 e. The van der Waals surface area contributed by atoms with Crippen molar-refractivity contribution in [2.24, 2.45) is 5.73 Å². The summed E-state index contributed by atoms with van der Waals surface area (Å²) >= 11 is 0. The van der Waals surface area contributed by atoms with Gasteiger partial charge in [0.15, 0.2) is 17.8 Å². The molecule has 0 aliphatic carbocycles. The van der Waals surface area contributed by atoms with E-state index in [1.807, 2.05) is 41.1 Å². The number of nitrogens with zero attached hydrogens (tertiary/aromatic N) is 3. The highest BCUT2D eigenvalue weighted by Gasteiger charge is 2.26. The van der Waals surface area contributed by atoms with Gasteiger partial charge in [-0.05, 0) is 36.5 Å². The van der Waals surface area contributed by atoms with Crippen LogP contribution < -0.4 is 10.5 Å². The van der Waals surface area contributed by atoms with Gasteiger partial charge < -0.3 is 10.5 Å². The number of carbonyl (C=O) groups excluding carboxylic acids is 1. The van der Waals surface area contributed by atoms with Gasteiger partial charge in [0, 0.05) is 6.54 Å². The van der Waals surface area contributed by atoms with Gasteiger partial charge in [-0.25, -0.2) is 9.67 Å². The first kappa shape index (κ1) is 17.3. The van der Waals surface area contributed by atoms with Gasteiger partial charge in [-0.3, -0.25) is 4.79 Å². The van der Waals surface area contributed by atoms with Crippen LogP contribution in [0, 0.1) is 0 Å². The molecule has 1 amide bonds. The number of nitrogens with two attached hydrogens (primary N) is 1. The van der Waals surface area contributed by atoms with Crippen molar-refractivity contribution in [3.63, 3.8) is 0 Å². The van der Waals surface area contributed by atoms with Crippen LogP contribution in [-0.4, -0.2) is 20.7 Å². The standard InChI is InChI=1S/C21H22N4O2/c22-19(26)14-20-23-21(18-11-10-16-8-4-5-9-17(16)27-18)25(24-20)13-12-15-6-2-1-3-7-15/h1-9,18H,10-14H2,(H2,22,26)/t18-/m1/s1. The van der Waals surface area contributed by atoms with Gasteiger partial charge in [0.1, 0.15) is 5.75 Å². The molecule has 138 valence electrons. The van der Waals surface area contributed by atoms with Crippen LogP contribution in [0.15, 0.2) is 54.6 Å². The van der Waals surface area contributed by atoms with E-state index in [0.717, 1.165) is 30.8 Å². The Bertz CT molecular complexity index is 936. The zero-order valence-electron chi connectivity index (χ0n) is 15.0. The zero-order chi connectivity index (χ0) is 18.6. The van der Waals surface area contributed by atoms with Crippen LogP contribution in [0.1, 0.15) is 35.3 Å². The van der Waals surface area contributed by atoms with Crippen molar-refractivity contribution in [2.75, 3.05) is 0 Å². The number of hydrogen-bond acceptors (Lipinski definition) is 4. The predicted molar refractivity (Wildman–Crippen MR) is 101 cm³/mol. The number of fused-ring (bicyclic) bond motifs is 1. The van der Waals surface area contributed by atoms with Gasteiger partial charge in [-0.1, -0.05) is 48.5 Å². The van der Waals surface area contributed by atoms with Crippen LogP contribution in [0.2, 0.25) is 0 Å². The first-order valence-electron chi connectivity index (χ1n) is 9.19. The first-order valence-corrected chi connectivity index (χ1v) is 9.19. The van der Waals surface area contributed by atoms with E-state index in [1.165, 1.54) is 11.1 Å². The summed E-state index contributed by atoms with van der Waals surface area (Å²) in [5, 5.41) is 4.52. The molecule has 0 spiro atoms. The molecule has 4 rings (SSSR count). The normalized spacial score (nSPS) is 15.8. The number of carbonyl (C=O) groups is 1. The van der Waals surface area contributed by atoms with Crippen molar-refractivity contribution in [1.82, 2.24) is 14.8 Å². The van der Waals surface area contributed by atoms with Crippen molar-refractivity contribution in [3.8, 4) is 5.75 Å². The van der Waals surface area contributed by atoms with Crippen LogP contribution in [-0.2, 0) is 30.6 Å². The largest absolute Gasteiger partial charge is 0.482 e. The molecule has 2 aromatic carbocycles. The lowest BCUT2D eigenvalue weighted by molar-refractivity contribution is -0.117. The number of para-hydroxylation sites is 1. The number of aromatic nitrogens is 3. The van der Waals surface area contributed by atoms with Crippen LogP contribution >= 0.6 is 0 Å². The Balaban J connectivity index is 1.58. The number of amides is 1. The molecule has 1 atom stereocenters. The number of rotatable bonds is 6. The summed E-state index contributed by atoms with van der Waals surface area (Å²) in [6.45, 7) is 0.673. The number of primary amides is 1. The summed E-state index contributed by atoms with van der Waals surface area (Å²) in [5.41, 5.74) is 7.77. The molecule has 0 fully saturated rings. The zero-order valence-corrected chi connectivity index (χ0v) is 15.0. The average molecular weight is 362 g/mol. The molecule has 2 heterocycles. The summed E-state index contributed by atoms with van der Waals surface area (Å²) < 4.78 is 8.05. The monoisotopic (exact) mass is 362 g/mol. The number of benzene rings is 2. The fourth-order valence-electron chi connectivity index (χ4n) is 3.42. The molecule has 0 bridgehead atoms. The minimum atomic E-state index is -0.434. The molecule has 1 aliphatic rings. The Kier molecular flexibility index (Phi) is 4.87. The van der Waals surface area contributed by atoms with Crippen molar-refractivity contribution >= 4 is 5.91 Å². The van der Waals surface area contributed by atoms with Crippen LogP contribution in [0.5, 0.6) is 5.75 Å². The van der Waals surface area contributed by atoms with Crippen molar-refractivity contribution in [1.29, 1.82) is 0 Å². The summed E-state index contributed by atoms with van der Waals surface area (Å²) in [5.74, 6) is 1.67. The summed E-state index contributed by atoms with van der Waals surface area (Å²) in [7, 11) is 0. The predicted octanol–water partition coefficient (Wildman–Crippen LogP) is 2.61. The molecule has 1 aliphatic heterocycles. The van der Waals surface area contributed by atoms with E-state index in [-0.39, 0.29) is 12.5 Å². The van der Waals surface area contributed by atoms with Gasteiger partial charge in [0.2, 0.25) is 5.91 Å². The van der Waals surface area contributed by atoms with Crippen molar-refractivity contribution in [2.45, 2.75) is 38.3 Å². The topological polar surface area (TPSA) is 83.0 Å². The summed E-state index contributed by atoms with van der Waals surface area (Å²) in [6.07, 6.45) is 2.45. The van der Waals surface area contributed by atoms with E-state index in [9.17, 15) is 4.79 Å². The number of hydrogen-bond donors (Lipinski definition) is 1. The van der Waals surface area contributed by atoms with Gasteiger partial charge >= 0.3 is 0 Å². The maximum atomic E-state index is 11.3. The molecular weight excluding hydrogens is 340 g/mol. The molecule has 0 unspecified atom stereocenters. The quantitative estimate of drug-likeness (QED) is 0.731. The number of aryl methyl sites for hydroxylation is 3. The molecule has 0 saturated heterocycles. The van der Waals surface area contributed by atoms with Crippen molar-refractivity contribution < 1.29 is 9.53 Å². The van der Waals surface area contributed by atoms with Crippen LogP contribution in [0.4, 0.5) is 0 Å². The third-order valence-electron chi connectivity index (χ3n) is 4.74. The van der Waals surface area contributed by atoms with E-state index < -0.39 is 5.91 Å². The lowest BCUT2D eigenvalue weighted by Crippen LogP contribution is -2.20. The molecule has 3 aromatic rings. The Morgan fingerprint density at radius 1 is 1.15 bits per heavy atom.